The molecule has 1 aliphatic heterocycles. The number of aliphatic carboxylic acids is 1. The number of para-hydroxylation sites is 2. The third kappa shape index (κ3) is 8.01. The molecule has 2 atom stereocenters. The zero-order chi connectivity index (χ0) is 29.2. The standard InChI is InChI=1S/C31H32N4O6/c36-21-24(17-30(39)40)32-29(38)20-35-27-14-8-7-13-26(27)34(18-23-11-5-2-6-12-23)19-25(31(35)41)33-28(37)16-15-22-9-3-1-4-10-22/h1-14,21,24-25H,15-20H2,(H,32,38)(H,33,37)(H,39,40)/t24-,25?/m0/s1. The van der Waals surface area contributed by atoms with Gasteiger partial charge >= 0.3 is 5.97 Å². The summed E-state index contributed by atoms with van der Waals surface area (Å²) in [7, 11) is 0. The van der Waals surface area contributed by atoms with Gasteiger partial charge in [-0.3, -0.25) is 24.1 Å². The summed E-state index contributed by atoms with van der Waals surface area (Å²) in [5, 5.41) is 14.3. The number of aryl methyl sites for hydroxylation is 1. The number of carbonyl (C=O) groups is 5. The molecule has 1 aliphatic rings. The molecule has 1 heterocycles. The number of hydrogen-bond donors (Lipinski definition) is 3. The first-order chi connectivity index (χ1) is 19.8. The molecule has 0 spiro atoms. The van der Waals surface area contributed by atoms with Crippen molar-refractivity contribution in [1.82, 2.24) is 10.6 Å². The summed E-state index contributed by atoms with van der Waals surface area (Å²) in [6.45, 7) is 0.151. The van der Waals surface area contributed by atoms with Gasteiger partial charge in [-0.1, -0.05) is 72.8 Å². The van der Waals surface area contributed by atoms with Crippen molar-refractivity contribution in [3.8, 4) is 0 Å². The topological polar surface area (TPSA) is 136 Å². The second-order valence-electron chi connectivity index (χ2n) is 9.79. The van der Waals surface area contributed by atoms with E-state index in [4.69, 9.17) is 5.11 Å². The maximum atomic E-state index is 13.9. The van der Waals surface area contributed by atoms with E-state index in [1.165, 1.54) is 4.90 Å². The van der Waals surface area contributed by atoms with Crippen LogP contribution in [-0.4, -0.2) is 60.3 Å². The Bertz CT molecular complexity index is 1380. The van der Waals surface area contributed by atoms with Crippen LogP contribution in [0.3, 0.4) is 0 Å². The van der Waals surface area contributed by atoms with Crippen molar-refractivity contribution in [2.24, 2.45) is 0 Å². The summed E-state index contributed by atoms with van der Waals surface area (Å²) in [6.07, 6.45) is 0.451. The first-order valence-corrected chi connectivity index (χ1v) is 13.3. The molecular weight excluding hydrogens is 524 g/mol. The molecule has 4 rings (SSSR count). The van der Waals surface area contributed by atoms with Crippen molar-refractivity contribution < 1.29 is 29.1 Å². The summed E-state index contributed by atoms with van der Waals surface area (Å²) < 4.78 is 0. The lowest BCUT2D eigenvalue weighted by molar-refractivity contribution is -0.138. The molecule has 0 saturated heterocycles. The Morgan fingerprint density at radius 1 is 0.878 bits per heavy atom. The van der Waals surface area contributed by atoms with Gasteiger partial charge in [-0.15, -0.1) is 0 Å². The zero-order valence-electron chi connectivity index (χ0n) is 22.4. The minimum absolute atomic E-state index is 0.163. The van der Waals surface area contributed by atoms with Crippen LogP contribution >= 0.6 is 0 Å². The number of nitrogens with one attached hydrogen (secondary N) is 2. The van der Waals surface area contributed by atoms with Crippen molar-refractivity contribution in [1.29, 1.82) is 0 Å². The number of hydrogen-bond acceptors (Lipinski definition) is 6. The van der Waals surface area contributed by atoms with Gasteiger partial charge in [-0.05, 0) is 29.7 Å². The van der Waals surface area contributed by atoms with Crippen LogP contribution in [0.4, 0.5) is 11.4 Å². The van der Waals surface area contributed by atoms with E-state index < -0.39 is 42.8 Å². The van der Waals surface area contributed by atoms with Gasteiger partial charge in [-0.2, -0.15) is 0 Å². The molecule has 0 aliphatic carbocycles. The highest BCUT2D eigenvalue weighted by molar-refractivity contribution is 6.06. The molecule has 10 nitrogen and oxygen atoms in total. The molecule has 3 amide bonds. The predicted octanol–water partition coefficient (Wildman–Crippen LogP) is 2.32. The van der Waals surface area contributed by atoms with E-state index in [0.717, 1.165) is 11.1 Å². The monoisotopic (exact) mass is 556 g/mol. The highest BCUT2D eigenvalue weighted by atomic mass is 16.4. The fourth-order valence-corrected chi connectivity index (χ4v) is 4.77. The Labute approximate surface area is 238 Å². The van der Waals surface area contributed by atoms with E-state index in [-0.39, 0.29) is 18.9 Å². The highest BCUT2D eigenvalue weighted by Gasteiger charge is 2.35. The minimum Gasteiger partial charge on any atom is -0.481 e. The van der Waals surface area contributed by atoms with Gasteiger partial charge in [0.05, 0.1) is 23.8 Å². The predicted molar refractivity (Wildman–Crippen MR) is 153 cm³/mol. The second-order valence-corrected chi connectivity index (χ2v) is 9.79. The number of aldehydes is 1. The number of anilines is 2. The number of nitrogens with zero attached hydrogens (tertiary/aromatic N) is 2. The number of carbonyl (C=O) groups excluding carboxylic acids is 4. The molecule has 0 fully saturated rings. The number of fused-ring (bicyclic) bond motifs is 1. The molecule has 0 radical (unpaired) electrons. The first kappa shape index (κ1) is 29.0. The Morgan fingerprint density at radius 2 is 1.49 bits per heavy atom. The first-order valence-electron chi connectivity index (χ1n) is 13.3. The van der Waals surface area contributed by atoms with E-state index in [1.807, 2.05) is 77.7 Å². The SMILES string of the molecule is O=C[C@H](CC(=O)O)NC(=O)CN1C(=O)C(NC(=O)CCc2ccccc2)CN(Cc2ccccc2)c2ccccc21. The Hall–Kier alpha value is -4.99. The van der Waals surface area contributed by atoms with Gasteiger partial charge in [0.2, 0.25) is 11.8 Å². The molecule has 0 saturated carbocycles. The molecular formula is C31H32N4O6. The molecule has 3 aromatic carbocycles. The van der Waals surface area contributed by atoms with Crippen molar-refractivity contribution in [3.63, 3.8) is 0 Å². The van der Waals surface area contributed by atoms with Crippen LogP contribution in [0, 0.1) is 0 Å². The summed E-state index contributed by atoms with van der Waals surface area (Å²) in [5.41, 5.74) is 3.15. The molecule has 1 unspecified atom stereocenters. The largest absolute Gasteiger partial charge is 0.481 e. The van der Waals surface area contributed by atoms with Crippen LogP contribution in [-0.2, 0) is 36.9 Å². The van der Waals surface area contributed by atoms with Gasteiger partial charge in [0.1, 0.15) is 18.9 Å². The van der Waals surface area contributed by atoms with Gasteiger partial charge in [-0.25, -0.2) is 0 Å². The summed E-state index contributed by atoms with van der Waals surface area (Å²) in [4.78, 5) is 65.5. The maximum absolute atomic E-state index is 13.9. The molecule has 0 bridgehead atoms. The fourth-order valence-electron chi connectivity index (χ4n) is 4.77. The van der Waals surface area contributed by atoms with Crippen molar-refractivity contribution in [2.45, 2.75) is 37.9 Å². The lowest BCUT2D eigenvalue weighted by Crippen LogP contribution is -2.54. The number of benzene rings is 3. The van der Waals surface area contributed by atoms with Crippen molar-refractivity contribution in [2.75, 3.05) is 22.9 Å². The molecule has 41 heavy (non-hydrogen) atoms. The van der Waals surface area contributed by atoms with E-state index in [0.29, 0.717) is 30.6 Å². The third-order valence-electron chi connectivity index (χ3n) is 6.72. The van der Waals surface area contributed by atoms with Crippen LogP contribution in [0.2, 0.25) is 0 Å². The van der Waals surface area contributed by atoms with E-state index in [1.54, 1.807) is 12.1 Å². The average Bonchev–Trinajstić information content (AvgIpc) is 3.07. The Balaban J connectivity index is 1.60. The number of carboxylic acids is 1. The van der Waals surface area contributed by atoms with Gasteiger partial charge in [0, 0.05) is 19.5 Å². The molecule has 3 N–H and O–H groups in total. The Morgan fingerprint density at radius 3 is 2.12 bits per heavy atom. The number of amides is 3. The van der Waals surface area contributed by atoms with Gasteiger partial charge < -0.3 is 25.4 Å². The van der Waals surface area contributed by atoms with Crippen LogP contribution in [0.25, 0.3) is 0 Å². The molecule has 0 aromatic heterocycles. The van der Waals surface area contributed by atoms with Crippen LogP contribution in [0.5, 0.6) is 0 Å². The lowest BCUT2D eigenvalue weighted by Gasteiger charge is -2.27. The molecule has 10 heteroatoms. The second kappa shape index (κ2) is 13.9. The average molecular weight is 557 g/mol. The molecule has 212 valence electrons. The highest BCUT2D eigenvalue weighted by Crippen LogP contribution is 2.33. The van der Waals surface area contributed by atoms with Crippen molar-refractivity contribution in [3.05, 3.63) is 96.1 Å². The maximum Gasteiger partial charge on any atom is 0.305 e. The summed E-state index contributed by atoms with van der Waals surface area (Å²) in [6, 6.07) is 24.2. The van der Waals surface area contributed by atoms with Crippen molar-refractivity contribution >= 4 is 41.4 Å². The van der Waals surface area contributed by atoms with E-state index in [2.05, 4.69) is 10.6 Å². The fraction of sp³-hybridized carbons (Fsp3) is 0.258. The van der Waals surface area contributed by atoms with E-state index in [9.17, 15) is 24.0 Å². The normalized spacial score (nSPS) is 15.3. The zero-order valence-corrected chi connectivity index (χ0v) is 22.4. The Kier molecular flexibility index (Phi) is 9.82. The summed E-state index contributed by atoms with van der Waals surface area (Å²) >= 11 is 0. The van der Waals surface area contributed by atoms with Crippen LogP contribution in [0.15, 0.2) is 84.9 Å². The summed E-state index contributed by atoms with van der Waals surface area (Å²) in [5.74, 6) is -2.73. The smallest absolute Gasteiger partial charge is 0.305 e. The van der Waals surface area contributed by atoms with Gasteiger partial charge in [0.25, 0.3) is 5.91 Å². The van der Waals surface area contributed by atoms with Crippen LogP contribution in [0.1, 0.15) is 24.0 Å². The lowest BCUT2D eigenvalue weighted by atomic mass is 10.1. The third-order valence-corrected chi connectivity index (χ3v) is 6.72. The van der Waals surface area contributed by atoms with Gasteiger partial charge in [0.15, 0.2) is 0 Å². The van der Waals surface area contributed by atoms with E-state index >= 15 is 0 Å². The quantitative estimate of drug-likeness (QED) is 0.291. The number of carboxylic acid groups (broad SMARTS) is 1. The minimum atomic E-state index is -1.24. The van der Waals surface area contributed by atoms with Crippen LogP contribution < -0.4 is 20.4 Å². The number of rotatable bonds is 12. The molecule has 3 aromatic rings.